The number of carbonyl (C=O) groups excluding carboxylic acids is 4. The number of nitrogens with one attached hydrogen (secondary N) is 2. The van der Waals surface area contributed by atoms with Crippen LogP contribution in [0, 0.1) is 5.92 Å². The fraction of sp³-hybridized carbons (Fsp3) is 0.304. The van der Waals surface area contributed by atoms with Crippen molar-refractivity contribution >= 4 is 51.1 Å². The Morgan fingerprint density at radius 2 is 1.56 bits per heavy atom. The van der Waals surface area contributed by atoms with Crippen molar-refractivity contribution in [2.45, 2.75) is 26.7 Å². The lowest BCUT2D eigenvalue weighted by Gasteiger charge is -2.09. The number of anilines is 2. The van der Waals surface area contributed by atoms with Gasteiger partial charge in [-0.3, -0.25) is 14.4 Å². The average molecular weight is 505 g/mol. The van der Waals surface area contributed by atoms with Crippen molar-refractivity contribution in [2.24, 2.45) is 5.92 Å². The Bertz CT molecular complexity index is 959. The van der Waals surface area contributed by atoms with Gasteiger partial charge >= 0.3 is 11.9 Å². The third-order valence-electron chi connectivity index (χ3n) is 3.98. The molecule has 0 aliphatic heterocycles. The molecule has 0 aliphatic rings. The Morgan fingerprint density at radius 1 is 0.875 bits per heavy atom. The van der Waals surface area contributed by atoms with E-state index in [2.05, 4.69) is 26.6 Å². The van der Waals surface area contributed by atoms with Crippen molar-refractivity contribution < 1.29 is 28.7 Å². The third kappa shape index (κ3) is 9.30. The van der Waals surface area contributed by atoms with E-state index in [-0.39, 0.29) is 18.8 Å². The van der Waals surface area contributed by atoms with Crippen LogP contribution in [0.3, 0.4) is 0 Å². The van der Waals surface area contributed by atoms with Crippen LogP contribution in [-0.4, -0.2) is 37.0 Å². The largest absolute Gasteiger partial charge is 0.462 e. The highest BCUT2D eigenvalue weighted by Gasteiger charge is 2.13. The summed E-state index contributed by atoms with van der Waals surface area (Å²) < 4.78 is 10.9. The Balaban J connectivity index is 1.72. The fourth-order valence-corrected chi connectivity index (χ4v) is 2.70. The van der Waals surface area contributed by atoms with Gasteiger partial charge < -0.3 is 20.1 Å². The van der Waals surface area contributed by atoms with Gasteiger partial charge in [0.1, 0.15) is 0 Å². The van der Waals surface area contributed by atoms with Gasteiger partial charge in [0.25, 0.3) is 5.91 Å². The second-order valence-corrected chi connectivity index (χ2v) is 8.25. The molecule has 0 atom stereocenters. The molecule has 0 aromatic heterocycles. The summed E-state index contributed by atoms with van der Waals surface area (Å²) in [6.07, 6.45) is -0.317. The van der Waals surface area contributed by atoms with Gasteiger partial charge in [0.05, 0.1) is 18.6 Å². The van der Waals surface area contributed by atoms with E-state index in [1.165, 1.54) is 6.07 Å². The number of halogens is 1. The number of hydrogen-bond donors (Lipinski definition) is 2. The molecule has 2 N–H and O–H groups in total. The Morgan fingerprint density at radius 3 is 2.25 bits per heavy atom. The first kappa shape index (κ1) is 25.1. The van der Waals surface area contributed by atoms with Gasteiger partial charge in [-0.1, -0.05) is 35.8 Å². The normalized spacial score (nSPS) is 10.4. The topological polar surface area (TPSA) is 111 Å². The number of hydrogen-bond acceptors (Lipinski definition) is 6. The van der Waals surface area contributed by atoms with Crippen molar-refractivity contribution in [3.05, 3.63) is 58.6 Å². The van der Waals surface area contributed by atoms with Crippen molar-refractivity contribution in [3.8, 4) is 0 Å². The van der Waals surface area contributed by atoms with Gasteiger partial charge in [0, 0.05) is 22.3 Å². The van der Waals surface area contributed by atoms with Crippen LogP contribution in [0.25, 0.3) is 0 Å². The van der Waals surface area contributed by atoms with E-state index in [4.69, 9.17) is 9.47 Å². The minimum atomic E-state index is -0.669. The standard InChI is InChI=1S/C23H25BrN2O6/c1-15(2)13-32-23(30)16-4-3-5-19(12-16)26-20(27)10-11-22(29)31-14-21(28)25-18-8-6-17(24)7-9-18/h3-9,12,15H,10-11,13-14H2,1-2H3,(H,25,28)(H,26,27). The molecule has 8 nitrogen and oxygen atoms in total. The summed E-state index contributed by atoms with van der Waals surface area (Å²) in [5.41, 5.74) is 1.31. The van der Waals surface area contributed by atoms with Crippen LogP contribution in [0.1, 0.15) is 37.0 Å². The van der Waals surface area contributed by atoms with Gasteiger partial charge in [-0.25, -0.2) is 4.79 Å². The maximum atomic E-state index is 12.1. The highest BCUT2D eigenvalue weighted by atomic mass is 79.9. The summed E-state index contributed by atoms with van der Waals surface area (Å²) in [7, 11) is 0. The molecule has 0 bridgehead atoms. The van der Waals surface area contributed by atoms with Crippen LogP contribution < -0.4 is 10.6 Å². The number of rotatable bonds is 10. The van der Waals surface area contributed by atoms with E-state index in [0.29, 0.717) is 23.5 Å². The molecule has 32 heavy (non-hydrogen) atoms. The maximum Gasteiger partial charge on any atom is 0.338 e. The lowest BCUT2D eigenvalue weighted by atomic mass is 10.2. The summed E-state index contributed by atoms with van der Waals surface area (Å²) >= 11 is 3.30. The van der Waals surface area contributed by atoms with E-state index in [9.17, 15) is 19.2 Å². The molecule has 0 aliphatic carbocycles. The molecular weight excluding hydrogens is 480 g/mol. The van der Waals surface area contributed by atoms with E-state index in [1.807, 2.05) is 13.8 Å². The molecule has 2 aromatic rings. The summed E-state index contributed by atoms with van der Waals surface area (Å²) in [6, 6.07) is 13.3. The van der Waals surface area contributed by atoms with Crippen LogP contribution in [0.4, 0.5) is 11.4 Å². The van der Waals surface area contributed by atoms with Gasteiger partial charge in [0.15, 0.2) is 6.61 Å². The highest BCUT2D eigenvalue weighted by Crippen LogP contribution is 2.14. The van der Waals surface area contributed by atoms with Gasteiger partial charge in [-0.2, -0.15) is 0 Å². The molecule has 2 amide bonds. The van der Waals surface area contributed by atoms with Gasteiger partial charge in [-0.15, -0.1) is 0 Å². The zero-order chi connectivity index (χ0) is 23.5. The number of esters is 2. The first-order chi connectivity index (χ1) is 15.2. The van der Waals surface area contributed by atoms with Crippen molar-refractivity contribution in [1.82, 2.24) is 0 Å². The van der Waals surface area contributed by atoms with Gasteiger partial charge in [-0.05, 0) is 48.4 Å². The first-order valence-corrected chi connectivity index (χ1v) is 10.8. The summed E-state index contributed by atoms with van der Waals surface area (Å²) in [4.78, 5) is 47.8. The van der Waals surface area contributed by atoms with Crippen molar-refractivity contribution in [2.75, 3.05) is 23.8 Å². The van der Waals surface area contributed by atoms with Crippen LogP contribution >= 0.6 is 15.9 Å². The number of benzene rings is 2. The first-order valence-electron chi connectivity index (χ1n) is 10.0. The lowest BCUT2D eigenvalue weighted by Crippen LogP contribution is -2.21. The van der Waals surface area contributed by atoms with E-state index < -0.39 is 30.4 Å². The summed E-state index contributed by atoms with van der Waals surface area (Å²) in [6.45, 7) is 3.73. The smallest absolute Gasteiger partial charge is 0.338 e. The average Bonchev–Trinajstić information content (AvgIpc) is 2.76. The number of amides is 2. The van der Waals surface area contributed by atoms with Crippen LogP contribution in [0.2, 0.25) is 0 Å². The molecule has 2 rings (SSSR count). The predicted octanol–water partition coefficient (Wildman–Crippen LogP) is 4.16. The Kier molecular flexibility index (Phi) is 9.87. The lowest BCUT2D eigenvalue weighted by molar-refractivity contribution is -0.147. The molecular formula is C23H25BrN2O6. The second-order valence-electron chi connectivity index (χ2n) is 7.34. The summed E-state index contributed by atoms with van der Waals surface area (Å²) in [5, 5.41) is 5.22. The Labute approximate surface area is 194 Å². The van der Waals surface area contributed by atoms with Crippen LogP contribution in [0.5, 0.6) is 0 Å². The molecule has 0 unspecified atom stereocenters. The molecule has 0 radical (unpaired) electrons. The van der Waals surface area contributed by atoms with Crippen LogP contribution in [-0.2, 0) is 23.9 Å². The zero-order valence-corrected chi connectivity index (χ0v) is 19.4. The minimum Gasteiger partial charge on any atom is -0.462 e. The van der Waals surface area contributed by atoms with Crippen molar-refractivity contribution in [1.29, 1.82) is 0 Å². The fourth-order valence-electron chi connectivity index (χ4n) is 2.44. The van der Waals surface area contributed by atoms with Gasteiger partial charge in [0.2, 0.25) is 5.91 Å². The molecule has 0 heterocycles. The van der Waals surface area contributed by atoms with E-state index in [1.54, 1.807) is 42.5 Å². The monoisotopic (exact) mass is 504 g/mol. The number of ether oxygens (including phenoxy) is 2. The molecule has 0 fully saturated rings. The molecule has 0 saturated carbocycles. The van der Waals surface area contributed by atoms with Crippen molar-refractivity contribution in [3.63, 3.8) is 0 Å². The zero-order valence-electron chi connectivity index (χ0n) is 17.9. The maximum absolute atomic E-state index is 12.1. The minimum absolute atomic E-state index is 0.130. The molecule has 0 saturated heterocycles. The molecule has 2 aromatic carbocycles. The van der Waals surface area contributed by atoms with Crippen LogP contribution in [0.15, 0.2) is 53.0 Å². The highest BCUT2D eigenvalue weighted by molar-refractivity contribution is 9.10. The predicted molar refractivity (Wildman–Crippen MR) is 123 cm³/mol. The van der Waals surface area contributed by atoms with E-state index >= 15 is 0 Å². The molecule has 0 spiro atoms. The molecule has 170 valence electrons. The molecule has 9 heteroatoms. The summed E-state index contributed by atoms with van der Waals surface area (Å²) in [5.74, 6) is -1.83. The third-order valence-corrected chi connectivity index (χ3v) is 4.51. The Hall–Kier alpha value is -3.20. The second kappa shape index (κ2) is 12.6. The van der Waals surface area contributed by atoms with E-state index in [0.717, 1.165) is 4.47 Å². The quantitative estimate of drug-likeness (QED) is 0.470. The SMILES string of the molecule is CC(C)COC(=O)c1cccc(NC(=O)CCC(=O)OCC(=O)Nc2ccc(Br)cc2)c1. The number of carbonyl (C=O) groups is 4.